The molecule has 2 aliphatic heterocycles. The molecule has 136 valence electrons. The average molecular weight is 345 g/mol. The third-order valence-corrected chi connectivity index (χ3v) is 4.39. The SMILES string of the molecule is CN=C(NCCC1=CCOCC1)N(C)Cc1ccc2c(c1)OCCO2. The van der Waals surface area contributed by atoms with Crippen molar-refractivity contribution in [2.45, 2.75) is 19.4 Å². The third-order valence-electron chi connectivity index (χ3n) is 4.39. The van der Waals surface area contributed by atoms with E-state index < -0.39 is 0 Å². The average Bonchev–Trinajstić information content (AvgIpc) is 2.66. The summed E-state index contributed by atoms with van der Waals surface area (Å²) in [5.41, 5.74) is 2.63. The Bertz CT molecular complexity index is 643. The molecule has 0 aromatic heterocycles. The van der Waals surface area contributed by atoms with Crippen molar-refractivity contribution in [1.82, 2.24) is 10.2 Å². The Kier molecular flexibility index (Phi) is 6.17. The fourth-order valence-corrected chi connectivity index (χ4v) is 3.05. The minimum Gasteiger partial charge on any atom is -0.486 e. The van der Waals surface area contributed by atoms with Crippen LogP contribution in [0, 0.1) is 0 Å². The van der Waals surface area contributed by atoms with Gasteiger partial charge in [0.25, 0.3) is 0 Å². The molecule has 6 nitrogen and oxygen atoms in total. The molecule has 0 amide bonds. The largest absolute Gasteiger partial charge is 0.486 e. The molecule has 0 aliphatic carbocycles. The van der Waals surface area contributed by atoms with Gasteiger partial charge in [0.05, 0.1) is 13.2 Å². The number of aliphatic imine (C=N–C) groups is 1. The number of benzene rings is 1. The van der Waals surface area contributed by atoms with Gasteiger partial charge in [-0.25, -0.2) is 0 Å². The number of rotatable bonds is 5. The first-order chi connectivity index (χ1) is 12.3. The lowest BCUT2D eigenvalue weighted by atomic mass is 10.1. The Morgan fingerprint density at radius 2 is 2.04 bits per heavy atom. The van der Waals surface area contributed by atoms with Gasteiger partial charge in [-0.15, -0.1) is 0 Å². The maximum Gasteiger partial charge on any atom is 0.193 e. The van der Waals surface area contributed by atoms with Crippen molar-refractivity contribution >= 4 is 5.96 Å². The van der Waals surface area contributed by atoms with E-state index in [4.69, 9.17) is 14.2 Å². The number of nitrogens with zero attached hydrogens (tertiary/aromatic N) is 2. The fraction of sp³-hybridized carbons (Fsp3) is 0.526. The van der Waals surface area contributed by atoms with Crippen molar-refractivity contribution in [3.63, 3.8) is 0 Å². The van der Waals surface area contributed by atoms with Crippen molar-refractivity contribution in [1.29, 1.82) is 0 Å². The maximum absolute atomic E-state index is 5.66. The summed E-state index contributed by atoms with van der Waals surface area (Å²) in [6.07, 6.45) is 4.25. The minimum absolute atomic E-state index is 0.608. The second-order valence-corrected chi connectivity index (χ2v) is 6.25. The highest BCUT2D eigenvalue weighted by molar-refractivity contribution is 5.79. The van der Waals surface area contributed by atoms with Crippen molar-refractivity contribution in [2.24, 2.45) is 4.99 Å². The van der Waals surface area contributed by atoms with E-state index in [0.717, 1.165) is 56.6 Å². The zero-order valence-electron chi connectivity index (χ0n) is 15.1. The molecular weight excluding hydrogens is 318 g/mol. The number of nitrogens with one attached hydrogen (secondary N) is 1. The van der Waals surface area contributed by atoms with Gasteiger partial charge in [-0.05, 0) is 30.5 Å². The third kappa shape index (κ3) is 4.89. The van der Waals surface area contributed by atoms with E-state index in [2.05, 4.69) is 27.4 Å². The van der Waals surface area contributed by atoms with Gasteiger partial charge in [0.1, 0.15) is 13.2 Å². The van der Waals surface area contributed by atoms with E-state index >= 15 is 0 Å². The van der Waals surface area contributed by atoms with Crippen LogP contribution in [0.1, 0.15) is 18.4 Å². The molecular formula is C19H27N3O3. The molecule has 1 aromatic carbocycles. The topological polar surface area (TPSA) is 55.3 Å². The molecule has 1 aromatic rings. The van der Waals surface area contributed by atoms with Crippen LogP contribution in [0.4, 0.5) is 0 Å². The molecule has 0 fully saturated rings. The highest BCUT2D eigenvalue weighted by atomic mass is 16.6. The Hall–Kier alpha value is -2.21. The lowest BCUT2D eigenvalue weighted by Gasteiger charge is -2.24. The van der Waals surface area contributed by atoms with Crippen LogP contribution >= 0.6 is 0 Å². The maximum atomic E-state index is 5.66. The van der Waals surface area contributed by atoms with Crippen molar-refractivity contribution < 1.29 is 14.2 Å². The standard InChI is InChI=1S/C19H27N3O3/c1-20-19(21-8-5-15-6-9-23-10-7-15)22(2)14-16-3-4-17-18(13-16)25-12-11-24-17/h3-4,6,13H,5,7-12,14H2,1-2H3,(H,20,21). The first-order valence-corrected chi connectivity index (χ1v) is 8.82. The van der Waals surface area contributed by atoms with Gasteiger partial charge in [0.15, 0.2) is 17.5 Å². The van der Waals surface area contributed by atoms with Gasteiger partial charge >= 0.3 is 0 Å². The van der Waals surface area contributed by atoms with E-state index in [9.17, 15) is 0 Å². The van der Waals surface area contributed by atoms with Gasteiger partial charge < -0.3 is 24.4 Å². The van der Waals surface area contributed by atoms with Gasteiger partial charge in [0, 0.05) is 27.2 Å². The van der Waals surface area contributed by atoms with Crippen LogP contribution in [0.25, 0.3) is 0 Å². The number of hydrogen-bond acceptors (Lipinski definition) is 4. The van der Waals surface area contributed by atoms with Crippen LogP contribution in [0.15, 0.2) is 34.8 Å². The van der Waals surface area contributed by atoms with Crippen molar-refractivity contribution in [2.75, 3.05) is 47.1 Å². The molecule has 0 saturated carbocycles. The molecule has 0 spiro atoms. The van der Waals surface area contributed by atoms with Crippen LogP contribution < -0.4 is 14.8 Å². The second kappa shape index (κ2) is 8.76. The van der Waals surface area contributed by atoms with E-state index in [1.54, 1.807) is 0 Å². The summed E-state index contributed by atoms with van der Waals surface area (Å²) in [6, 6.07) is 6.10. The second-order valence-electron chi connectivity index (χ2n) is 6.25. The quantitative estimate of drug-likeness (QED) is 0.504. The van der Waals surface area contributed by atoms with Crippen LogP contribution in [-0.4, -0.2) is 57.9 Å². The van der Waals surface area contributed by atoms with Gasteiger partial charge in [-0.3, -0.25) is 4.99 Å². The van der Waals surface area contributed by atoms with E-state index in [0.29, 0.717) is 13.2 Å². The van der Waals surface area contributed by atoms with E-state index in [-0.39, 0.29) is 0 Å². The summed E-state index contributed by atoms with van der Waals surface area (Å²) < 4.78 is 16.6. The normalized spacial score (nSPS) is 17.0. The summed E-state index contributed by atoms with van der Waals surface area (Å²) in [5, 5.41) is 3.44. The number of fused-ring (bicyclic) bond motifs is 1. The molecule has 0 bridgehead atoms. The van der Waals surface area contributed by atoms with Gasteiger partial charge in [-0.1, -0.05) is 17.7 Å². The summed E-state index contributed by atoms with van der Waals surface area (Å²) in [7, 11) is 3.86. The van der Waals surface area contributed by atoms with Gasteiger partial charge in [0.2, 0.25) is 0 Å². The Morgan fingerprint density at radius 1 is 1.20 bits per heavy atom. The Labute approximate surface area is 149 Å². The summed E-state index contributed by atoms with van der Waals surface area (Å²) in [4.78, 5) is 6.50. The molecule has 0 atom stereocenters. The van der Waals surface area contributed by atoms with Crippen LogP contribution in [0.3, 0.4) is 0 Å². The predicted octanol–water partition coefficient (Wildman–Crippen LogP) is 2.20. The first-order valence-electron chi connectivity index (χ1n) is 8.82. The minimum atomic E-state index is 0.608. The summed E-state index contributed by atoms with van der Waals surface area (Å²) in [5.74, 6) is 2.54. The fourth-order valence-electron chi connectivity index (χ4n) is 3.05. The lowest BCUT2D eigenvalue weighted by molar-refractivity contribution is 0.153. The Morgan fingerprint density at radius 3 is 2.80 bits per heavy atom. The molecule has 3 rings (SSSR count). The summed E-state index contributed by atoms with van der Waals surface area (Å²) >= 11 is 0. The van der Waals surface area contributed by atoms with Crippen molar-refractivity contribution in [3.05, 3.63) is 35.4 Å². The van der Waals surface area contributed by atoms with Gasteiger partial charge in [-0.2, -0.15) is 0 Å². The molecule has 6 heteroatoms. The van der Waals surface area contributed by atoms with E-state index in [1.165, 1.54) is 11.1 Å². The molecule has 0 saturated heterocycles. The number of ether oxygens (including phenoxy) is 3. The zero-order valence-corrected chi connectivity index (χ0v) is 15.1. The van der Waals surface area contributed by atoms with E-state index in [1.807, 2.05) is 26.2 Å². The smallest absolute Gasteiger partial charge is 0.193 e. The molecule has 1 N–H and O–H groups in total. The summed E-state index contributed by atoms with van der Waals surface area (Å²) in [6.45, 7) is 4.44. The number of guanidine groups is 1. The van der Waals surface area contributed by atoms with Crippen LogP contribution in [0.2, 0.25) is 0 Å². The van der Waals surface area contributed by atoms with Crippen LogP contribution in [0.5, 0.6) is 11.5 Å². The monoisotopic (exact) mass is 345 g/mol. The predicted molar refractivity (Wildman–Crippen MR) is 98.4 cm³/mol. The van der Waals surface area contributed by atoms with Crippen LogP contribution in [-0.2, 0) is 11.3 Å². The number of hydrogen-bond donors (Lipinski definition) is 1. The Balaban J connectivity index is 1.51. The van der Waals surface area contributed by atoms with Crippen molar-refractivity contribution in [3.8, 4) is 11.5 Å². The molecule has 25 heavy (non-hydrogen) atoms. The highest BCUT2D eigenvalue weighted by Crippen LogP contribution is 2.31. The molecule has 0 radical (unpaired) electrons. The first kappa shape index (κ1) is 17.6. The molecule has 0 unspecified atom stereocenters. The lowest BCUT2D eigenvalue weighted by Crippen LogP contribution is -2.39. The molecule has 2 heterocycles. The highest BCUT2D eigenvalue weighted by Gasteiger charge is 2.13. The zero-order chi connectivity index (χ0) is 17.5. The molecule has 2 aliphatic rings.